The monoisotopic (exact) mass is 290 g/mol. The van der Waals surface area contributed by atoms with Gasteiger partial charge in [-0.3, -0.25) is 9.78 Å². The highest BCUT2D eigenvalue weighted by molar-refractivity contribution is 7.36. The van der Waals surface area contributed by atoms with E-state index in [-0.39, 0.29) is 5.91 Å². The molecule has 20 heavy (non-hydrogen) atoms. The average Bonchev–Trinajstić information content (AvgIpc) is 2.47. The lowest BCUT2D eigenvalue weighted by Gasteiger charge is -2.13. The molecular formula is C15H19N2O2P. The molecule has 1 aromatic heterocycles. The van der Waals surface area contributed by atoms with Crippen LogP contribution < -0.4 is 9.82 Å². The van der Waals surface area contributed by atoms with Crippen molar-refractivity contribution in [1.29, 1.82) is 0 Å². The minimum Gasteiger partial charge on any atom is -0.462 e. The maximum absolute atomic E-state index is 11.8. The standard InChI is InChI=1S/C15H19N2O2P/c1-3-20-17-15(18)14-10-13(8-9-16-14)19-12-6-4-11(2)5-7-12/h4,6,8-10,20H,3,5,7H2,1-2H3,(H,17,18). The molecule has 0 saturated carbocycles. The van der Waals surface area contributed by atoms with Crippen molar-refractivity contribution in [2.75, 3.05) is 6.16 Å². The summed E-state index contributed by atoms with van der Waals surface area (Å²) in [5.41, 5.74) is 1.75. The van der Waals surface area contributed by atoms with Gasteiger partial charge < -0.3 is 9.82 Å². The van der Waals surface area contributed by atoms with E-state index in [1.54, 1.807) is 18.3 Å². The Morgan fingerprint density at radius 2 is 2.30 bits per heavy atom. The minimum absolute atomic E-state index is 0.149. The van der Waals surface area contributed by atoms with Crippen LogP contribution in [0.1, 0.15) is 37.2 Å². The Hall–Kier alpha value is -1.67. The summed E-state index contributed by atoms with van der Waals surface area (Å²) in [7, 11) is 0.420. The molecule has 1 aromatic rings. The Balaban J connectivity index is 2.04. The Bertz CT molecular complexity index is 553. The van der Waals surface area contributed by atoms with Gasteiger partial charge in [-0.1, -0.05) is 18.6 Å². The Kier molecular flexibility index (Phi) is 5.31. The minimum atomic E-state index is -0.149. The summed E-state index contributed by atoms with van der Waals surface area (Å²) in [4.78, 5) is 15.9. The van der Waals surface area contributed by atoms with E-state index in [2.05, 4.69) is 23.1 Å². The molecule has 1 atom stereocenters. The van der Waals surface area contributed by atoms with Crippen LogP contribution in [-0.4, -0.2) is 17.1 Å². The molecule has 2 rings (SSSR count). The molecule has 0 saturated heterocycles. The lowest BCUT2D eigenvalue weighted by atomic mass is 10.1. The van der Waals surface area contributed by atoms with Crippen molar-refractivity contribution in [3.05, 3.63) is 47.5 Å². The van der Waals surface area contributed by atoms with E-state index in [0.29, 0.717) is 20.2 Å². The number of pyridine rings is 1. The second-order valence-electron chi connectivity index (χ2n) is 4.61. The first kappa shape index (κ1) is 14.7. The van der Waals surface area contributed by atoms with Crippen LogP contribution in [0.5, 0.6) is 5.75 Å². The molecule has 1 heterocycles. The number of amides is 1. The van der Waals surface area contributed by atoms with Gasteiger partial charge in [0.1, 0.15) is 17.2 Å². The summed E-state index contributed by atoms with van der Waals surface area (Å²) in [5.74, 6) is 1.43. The number of carbonyl (C=O) groups excluding carboxylic acids is 1. The number of rotatable bonds is 5. The van der Waals surface area contributed by atoms with Crippen molar-refractivity contribution in [3.8, 4) is 5.75 Å². The highest BCUT2D eigenvalue weighted by Gasteiger charge is 2.10. The second-order valence-corrected chi connectivity index (χ2v) is 5.92. The normalized spacial score (nSPS) is 14.9. The fourth-order valence-corrected chi connectivity index (χ4v) is 2.26. The number of hydrogen-bond donors (Lipinski definition) is 1. The summed E-state index contributed by atoms with van der Waals surface area (Å²) >= 11 is 0. The highest BCUT2D eigenvalue weighted by atomic mass is 31.1. The number of carbonyl (C=O) groups is 1. The molecule has 0 spiro atoms. The van der Waals surface area contributed by atoms with Gasteiger partial charge >= 0.3 is 0 Å². The lowest BCUT2D eigenvalue weighted by molar-refractivity contribution is 0.0978. The number of nitrogens with zero attached hydrogens (tertiary/aromatic N) is 1. The summed E-state index contributed by atoms with van der Waals surface area (Å²) < 4.78 is 5.80. The average molecular weight is 290 g/mol. The molecule has 4 nitrogen and oxygen atoms in total. The third-order valence-corrected chi connectivity index (χ3v) is 3.67. The number of hydrogen-bond acceptors (Lipinski definition) is 3. The Morgan fingerprint density at radius 3 is 3.00 bits per heavy atom. The molecule has 5 heteroatoms. The topological polar surface area (TPSA) is 51.2 Å². The van der Waals surface area contributed by atoms with Crippen LogP contribution >= 0.6 is 8.73 Å². The molecule has 1 N–H and O–H groups in total. The van der Waals surface area contributed by atoms with Gasteiger partial charge in [-0.2, -0.15) is 0 Å². The molecule has 0 aliphatic heterocycles. The van der Waals surface area contributed by atoms with Crippen LogP contribution in [0.2, 0.25) is 0 Å². The van der Waals surface area contributed by atoms with Crippen LogP contribution in [0, 0.1) is 0 Å². The van der Waals surface area contributed by atoms with Crippen LogP contribution in [0.15, 0.2) is 41.8 Å². The zero-order chi connectivity index (χ0) is 14.4. The number of nitrogens with one attached hydrogen (secondary N) is 1. The molecule has 1 aliphatic carbocycles. The van der Waals surface area contributed by atoms with Crippen molar-refractivity contribution in [1.82, 2.24) is 10.1 Å². The highest BCUT2D eigenvalue weighted by Crippen LogP contribution is 2.22. The second kappa shape index (κ2) is 7.20. The number of ether oxygens (including phenoxy) is 1. The molecule has 0 aromatic carbocycles. The van der Waals surface area contributed by atoms with Crippen LogP contribution in [0.4, 0.5) is 0 Å². The van der Waals surface area contributed by atoms with E-state index >= 15 is 0 Å². The molecule has 0 radical (unpaired) electrons. The van der Waals surface area contributed by atoms with E-state index in [1.165, 1.54) is 5.57 Å². The maximum atomic E-state index is 11.8. The summed E-state index contributed by atoms with van der Waals surface area (Å²) in [6.07, 6.45) is 8.49. The predicted molar refractivity (Wildman–Crippen MR) is 82.3 cm³/mol. The third kappa shape index (κ3) is 4.17. The van der Waals surface area contributed by atoms with Gasteiger partial charge in [-0.15, -0.1) is 0 Å². The molecule has 1 aliphatic rings. The zero-order valence-corrected chi connectivity index (χ0v) is 12.8. The van der Waals surface area contributed by atoms with Crippen molar-refractivity contribution < 1.29 is 9.53 Å². The van der Waals surface area contributed by atoms with E-state index in [0.717, 1.165) is 24.8 Å². The van der Waals surface area contributed by atoms with Crippen LogP contribution in [0.3, 0.4) is 0 Å². The largest absolute Gasteiger partial charge is 0.462 e. The van der Waals surface area contributed by atoms with Gasteiger partial charge in [-0.05, 0) is 40.4 Å². The van der Waals surface area contributed by atoms with Gasteiger partial charge in [0.25, 0.3) is 5.91 Å². The molecule has 1 amide bonds. The van der Waals surface area contributed by atoms with E-state index in [1.807, 2.05) is 13.0 Å². The molecule has 106 valence electrons. The number of allylic oxidation sites excluding steroid dienone is 4. The van der Waals surface area contributed by atoms with Crippen LogP contribution in [-0.2, 0) is 0 Å². The first-order valence-corrected chi connectivity index (χ1v) is 7.93. The lowest BCUT2D eigenvalue weighted by Crippen LogP contribution is -2.16. The summed E-state index contributed by atoms with van der Waals surface area (Å²) in [6.45, 7) is 4.13. The van der Waals surface area contributed by atoms with Gasteiger partial charge in [0.15, 0.2) is 0 Å². The van der Waals surface area contributed by atoms with E-state index in [9.17, 15) is 4.79 Å². The van der Waals surface area contributed by atoms with Crippen molar-refractivity contribution >= 4 is 14.6 Å². The fourth-order valence-electron chi connectivity index (χ4n) is 1.79. The summed E-state index contributed by atoms with van der Waals surface area (Å²) in [6, 6.07) is 3.45. The van der Waals surface area contributed by atoms with Crippen molar-refractivity contribution in [2.24, 2.45) is 0 Å². The first-order chi connectivity index (χ1) is 9.69. The van der Waals surface area contributed by atoms with Crippen molar-refractivity contribution in [3.63, 3.8) is 0 Å². The fraction of sp³-hybridized carbons (Fsp3) is 0.333. The Morgan fingerprint density at radius 1 is 1.45 bits per heavy atom. The summed E-state index contributed by atoms with van der Waals surface area (Å²) in [5, 5.41) is 2.83. The zero-order valence-electron chi connectivity index (χ0n) is 11.8. The smallest absolute Gasteiger partial charge is 0.273 e. The van der Waals surface area contributed by atoms with Gasteiger partial charge in [0.05, 0.1) is 0 Å². The quantitative estimate of drug-likeness (QED) is 0.845. The molecule has 1 unspecified atom stereocenters. The van der Waals surface area contributed by atoms with Gasteiger partial charge in [0.2, 0.25) is 0 Å². The van der Waals surface area contributed by atoms with Gasteiger partial charge in [0, 0.05) is 18.7 Å². The SMILES string of the molecule is CCPNC(=O)c1cc(OC2=CC=C(C)CC2)ccn1. The molecular weight excluding hydrogens is 271 g/mol. The van der Waals surface area contributed by atoms with Crippen LogP contribution in [0.25, 0.3) is 0 Å². The van der Waals surface area contributed by atoms with Gasteiger partial charge in [-0.25, -0.2) is 0 Å². The van der Waals surface area contributed by atoms with E-state index < -0.39 is 0 Å². The molecule has 0 fully saturated rings. The third-order valence-electron chi connectivity index (χ3n) is 2.91. The maximum Gasteiger partial charge on any atom is 0.273 e. The van der Waals surface area contributed by atoms with E-state index in [4.69, 9.17) is 4.74 Å². The molecule has 0 bridgehead atoms. The van der Waals surface area contributed by atoms with Crippen molar-refractivity contribution in [2.45, 2.75) is 26.7 Å². The Labute approximate surface area is 121 Å². The predicted octanol–water partition coefficient (Wildman–Crippen LogP) is 3.43. The number of aromatic nitrogens is 1. The first-order valence-electron chi connectivity index (χ1n) is 6.72.